The lowest BCUT2D eigenvalue weighted by Gasteiger charge is -2.28. The van der Waals surface area contributed by atoms with Gasteiger partial charge in [-0.05, 0) is 73.9 Å². The molecule has 1 aromatic heterocycles. The largest absolute Gasteiger partial charge is 0.494 e. The molecular weight excluding hydrogens is 468 g/mol. The van der Waals surface area contributed by atoms with Crippen LogP contribution in [0, 0.1) is 0 Å². The summed E-state index contributed by atoms with van der Waals surface area (Å²) in [7, 11) is 0. The molecule has 192 valence electrons. The van der Waals surface area contributed by atoms with Crippen molar-refractivity contribution < 1.29 is 14.2 Å². The SMILES string of the molecule is CCCCCCCCOc1ccc(-c2nnc(-c3ccc(O[C@]4(OCCC)C=CCC4)cc3)s2)cc1. The van der Waals surface area contributed by atoms with Crippen LogP contribution in [0.15, 0.2) is 60.7 Å². The minimum absolute atomic E-state index is 0.641. The van der Waals surface area contributed by atoms with Gasteiger partial charge in [-0.1, -0.05) is 63.4 Å². The Kier molecular flexibility index (Phi) is 9.93. The van der Waals surface area contributed by atoms with E-state index in [9.17, 15) is 0 Å². The highest BCUT2D eigenvalue weighted by molar-refractivity contribution is 7.17. The van der Waals surface area contributed by atoms with Gasteiger partial charge in [0.15, 0.2) is 0 Å². The van der Waals surface area contributed by atoms with Gasteiger partial charge in [-0.25, -0.2) is 0 Å². The zero-order valence-electron chi connectivity index (χ0n) is 21.6. The van der Waals surface area contributed by atoms with Gasteiger partial charge in [-0.2, -0.15) is 0 Å². The number of aromatic nitrogens is 2. The third-order valence-corrected chi connectivity index (χ3v) is 7.29. The smallest absolute Gasteiger partial charge is 0.230 e. The van der Waals surface area contributed by atoms with Crippen molar-refractivity contribution in [1.82, 2.24) is 10.2 Å². The molecule has 3 aromatic rings. The van der Waals surface area contributed by atoms with Crippen molar-refractivity contribution in [3.05, 3.63) is 60.7 Å². The molecule has 1 atom stereocenters. The average Bonchev–Trinajstić information content (AvgIpc) is 3.59. The van der Waals surface area contributed by atoms with Crippen molar-refractivity contribution >= 4 is 11.3 Å². The van der Waals surface area contributed by atoms with Gasteiger partial charge in [-0.3, -0.25) is 0 Å². The summed E-state index contributed by atoms with van der Waals surface area (Å²) in [6.45, 7) is 5.81. The van der Waals surface area contributed by atoms with Crippen LogP contribution in [0.5, 0.6) is 11.5 Å². The summed E-state index contributed by atoms with van der Waals surface area (Å²) < 4.78 is 18.2. The highest BCUT2D eigenvalue weighted by atomic mass is 32.1. The van der Waals surface area contributed by atoms with Gasteiger partial charge in [0.1, 0.15) is 21.5 Å². The molecule has 0 radical (unpaired) electrons. The third-order valence-electron chi connectivity index (χ3n) is 6.27. The van der Waals surface area contributed by atoms with E-state index in [4.69, 9.17) is 14.2 Å². The number of benzene rings is 2. The highest BCUT2D eigenvalue weighted by Crippen LogP contribution is 2.34. The number of rotatable bonds is 15. The van der Waals surface area contributed by atoms with E-state index >= 15 is 0 Å². The van der Waals surface area contributed by atoms with Crippen molar-refractivity contribution in [1.29, 1.82) is 0 Å². The van der Waals surface area contributed by atoms with E-state index in [0.717, 1.165) is 64.9 Å². The fraction of sp³-hybridized carbons (Fsp3) is 0.467. The minimum Gasteiger partial charge on any atom is -0.494 e. The summed E-state index contributed by atoms with van der Waals surface area (Å²) in [6.07, 6.45) is 14.6. The Labute approximate surface area is 219 Å². The van der Waals surface area contributed by atoms with Crippen LogP contribution in [-0.4, -0.2) is 29.2 Å². The van der Waals surface area contributed by atoms with E-state index < -0.39 is 5.79 Å². The van der Waals surface area contributed by atoms with E-state index in [2.05, 4.69) is 42.3 Å². The second kappa shape index (κ2) is 13.6. The van der Waals surface area contributed by atoms with Crippen LogP contribution in [0.2, 0.25) is 0 Å². The third kappa shape index (κ3) is 7.40. The predicted octanol–water partition coefficient (Wildman–Crippen LogP) is 8.46. The first-order chi connectivity index (χ1) is 17.7. The van der Waals surface area contributed by atoms with Gasteiger partial charge in [0.2, 0.25) is 5.79 Å². The number of allylic oxidation sites excluding steroid dienone is 1. The highest BCUT2D eigenvalue weighted by Gasteiger charge is 2.33. The molecule has 0 fully saturated rings. The molecular formula is C30H38N2O3S. The maximum Gasteiger partial charge on any atom is 0.230 e. The molecule has 6 heteroatoms. The predicted molar refractivity (Wildman–Crippen MR) is 148 cm³/mol. The van der Waals surface area contributed by atoms with Gasteiger partial charge in [0, 0.05) is 17.5 Å². The van der Waals surface area contributed by atoms with E-state index in [1.807, 2.05) is 42.5 Å². The number of unbranched alkanes of at least 4 members (excludes halogenated alkanes) is 5. The number of ether oxygens (including phenoxy) is 3. The van der Waals surface area contributed by atoms with Gasteiger partial charge >= 0.3 is 0 Å². The molecule has 0 amide bonds. The molecule has 0 spiro atoms. The number of hydrogen-bond acceptors (Lipinski definition) is 6. The van der Waals surface area contributed by atoms with Crippen molar-refractivity contribution in [2.75, 3.05) is 13.2 Å². The molecule has 0 bridgehead atoms. The average molecular weight is 507 g/mol. The summed E-state index contributed by atoms with van der Waals surface area (Å²) in [4.78, 5) is 0. The number of hydrogen-bond donors (Lipinski definition) is 0. The molecule has 0 aliphatic heterocycles. The van der Waals surface area contributed by atoms with Crippen molar-refractivity contribution in [3.63, 3.8) is 0 Å². The first-order valence-corrected chi connectivity index (χ1v) is 14.2. The Morgan fingerprint density at radius 1 is 0.750 bits per heavy atom. The summed E-state index contributed by atoms with van der Waals surface area (Å²) in [5, 5.41) is 10.6. The lowest BCUT2D eigenvalue weighted by Crippen LogP contribution is -2.35. The van der Waals surface area contributed by atoms with Gasteiger partial charge in [-0.15, -0.1) is 10.2 Å². The quantitative estimate of drug-likeness (QED) is 0.118. The number of nitrogens with zero attached hydrogens (tertiary/aromatic N) is 2. The van der Waals surface area contributed by atoms with Crippen molar-refractivity contribution in [2.24, 2.45) is 0 Å². The Morgan fingerprint density at radius 2 is 1.39 bits per heavy atom. The Balaban J connectivity index is 1.30. The summed E-state index contributed by atoms with van der Waals surface area (Å²) in [5.74, 6) is 1.06. The molecule has 1 aliphatic rings. The van der Waals surface area contributed by atoms with Crippen LogP contribution in [0.25, 0.3) is 21.1 Å². The zero-order valence-corrected chi connectivity index (χ0v) is 22.4. The van der Waals surface area contributed by atoms with Crippen LogP contribution >= 0.6 is 11.3 Å². The van der Waals surface area contributed by atoms with E-state index in [-0.39, 0.29) is 0 Å². The molecule has 36 heavy (non-hydrogen) atoms. The van der Waals surface area contributed by atoms with E-state index in [1.165, 1.54) is 32.1 Å². The van der Waals surface area contributed by atoms with E-state index in [1.54, 1.807) is 11.3 Å². The minimum atomic E-state index is -0.641. The van der Waals surface area contributed by atoms with Crippen LogP contribution in [0.4, 0.5) is 0 Å². The molecule has 4 rings (SSSR count). The second-order valence-corrected chi connectivity index (χ2v) is 10.3. The van der Waals surface area contributed by atoms with Gasteiger partial charge in [0.25, 0.3) is 0 Å². The maximum atomic E-state index is 6.25. The fourth-order valence-electron chi connectivity index (χ4n) is 4.23. The molecule has 1 heterocycles. The molecule has 0 saturated heterocycles. The molecule has 1 aliphatic carbocycles. The molecule has 0 saturated carbocycles. The molecule has 0 N–H and O–H groups in total. The van der Waals surface area contributed by atoms with Gasteiger partial charge < -0.3 is 14.2 Å². The van der Waals surface area contributed by atoms with Crippen molar-refractivity contribution in [3.8, 4) is 32.6 Å². The monoisotopic (exact) mass is 506 g/mol. The van der Waals surface area contributed by atoms with Crippen LogP contribution in [0.3, 0.4) is 0 Å². The summed E-state index contributed by atoms with van der Waals surface area (Å²) in [5.41, 5.74) is 2.07. The van der Waals surface area contributed by atoms with E-state index in [0.29, 0.717) is 6.61 Å². The van der Waals surface area contributed by atoms with Crippen LogP contribution in [0.1, 0.15) is 71.6 Å². The Hall–Kier alpha value is -2.70. The first kappa shape index (κ1) is 26.4. The maximum absolute atomic E-state index is 6.25. The lowest BCUT2D eigenvalue weighted by atomic mass is 10.1. The second-order valence-electron chi connectivity index (χ2n) is 9.28. The molecule has 0 unspecified atom stereocenters. The fourth-order valence-corrected chi connectivity index (χ4v) is 5.08. The lowest BCUT2D eigenvalue weighted by molar-refractivity contribution is -0.145. The van der Waals surface area contributed by atoms with Crippen LogP contribution < -0.4 is 9.47 Å². The summed E-state index contributed by atoms with van der Waals surface area (Å²) >= 11 is 1.59. The zero-order chi connectivity index (χ0) is 25.1. The standard InChI is InChI=1S/C30H38N2O3S/c1-3-5-6-7-8-11-23-33-26-16-12-24(13-17-26)28-31-32-29(36-28)25-14-18-27(19-15-25)35-30(34-22-4-2)20-9-10-21-30/h9,12-20H,3-8,10-11,21-23H2,1-2H3/t30-/m1/s1. The van der Waals surface area contributed by atoms with Crippen LogP contribution in [-0.2, 0) is 4.74 Å². The Morgan fingerprint density at radius 3 is 2.00 bits per heavy atom. The normalized spacial score (nSPS) is 16.9. The Bertz CT molecular complexity index is 1080. The molecule has 5 nitrogen and oxygen atoms in total. The van der Waals surface area contributed by atoms with Gasteiger partial charge in [0.05, 0.1) is 13.2 Å². The summed E-state index contributed by atoms with van der Waals surface area (Å²) in [6, 6.07) is 16.2. The molecule has 2 aromatic carbocycles. The topological polar surface area (TPSA) is 53.5 Å². The first-order valence-electron chi connectivity index (χ1n) is 13.4. The van der Waals surface area contributed by atoms with Crippen molar-refractivity contribution in [2.45, 2.75) is 77.4 Å².